The van der Waals surface area contributed by atoms with Crippen LogP contribution in [0, 0.1) is 0 Å². The van der Waals surface area contributed by atoms with Crippen LogP contribution in [0.1, 0.15) is 37.3 Å². The molecule has 0 unspecified atom stereocenters. The van der Waals surface area contributed by atoms with Crippen LogP contribution in [0.4, 0.5) is 0 Å². The van der Waals surface area contributed by atoms with Gasteiger partial charge in [-0.2, -0.15) is 0 Å². The van der Waals surface area contributed by atoms with Crippen LogP contribution in [0.3, 0.4) is 0 Å². The van der Waals surface area contributed by atoms with Crippen molar-refractivity contribution < 1.29 is 9.53 Å². The molecule has 4 nitrogen and oxygen atoms in total. The van der Waals surface area contributed by atoms with E-state index in [0.29, 0.717) is 23.7 Å². The van der Waals surface area contributed by atoms with Gasteiger partial charge in [-0.1, -0.05) is 42.8 Å². The minimum absolute atomic E-state index is 0.103. The Morgan fingerprint density at radius 1 is 1.07 bits per heavy atom. The number of nitrogens with zero attached hydrogens (tertiary/aromatic N) is 1. The van der Waals surface area contributed by atoms with Crippen LogP contribution in [0.5, 0.6) is 5.75 Å². The summed E-state index contributed by atoms with van der Waals surface area (Å²) in [4.78, 5) is 14.9. The molecule has 0 spiro atoms. The molecule has 2 aromatic carbocycles. The van der Waals surface area contributed by atoms with Gasteiger partial charge in [0.15, 0.2) is 6.10 Å². The van der Waals surface area contributed by atoms with Crippen LogP contribution >= 0.6 is 11.6 Å². The van der Waals surface area contributed by atoms with Gasteiger partial charge in [-0.3, -0.25) is 9.69 Å². The van der Waals surface area contributed by atoms with Crippen molar-refractivity contribution in [1.29, 1.82) is 0 Å². The lowest BCUT2D eigenvalue weighted by atomic mass is 10.1. The first-order valence-corrected chi connectivity index (χ1v) is 10.0. The third-order valence-electron chi connectivity index (χ3n) is 4.85. The highest BCUT2D eigenvalue weighted by molar-refractivity contribution is 6.30. The van der Waals surface area contributed by atoms with Crippen molar-refractivity contribution in [2.24, 2.45) is 0 Å². The summed E-state index contributed by atoms with van der Waals surface area (Å²) in [6.07, 6.45) is 2.70. The monoisotopic (exact) mass is 386 g/mol. The predicted octanol–water partition coefficient (Wildman–Crippen LogP) is 4.41. The van der Waals surface area contributed by atoms with E-state index >= 15 is 0 Å². The smallest absolute Gasteiger partial charge is 0.261 e. The largest absolute Gasteiger partial charge is 0.481 e. The molecule has 0 aliphatic carbocycles. The van der Waals surface area contributed by atoms with Crippen LogP contribution in [0.25, 0.3) is 0 Å². The van der Waals surface area contributed by atoms with Crippen molar-refractivity contribution in [2.75, 3.05) is 13.1 Å². The number of rotatable bonds is 8. The molecule has 144 valence electrons. The van der Waals surface area contributed by atoms with Gasteiger partial charge < -0.3 is 10.1 Å². The fourth-order valence-electron chi connectivity index (χ4n) is 3.26. The first-order chi connectivity index (χ1) is 13.1. The zero-order chi connectivity index (χ0) is 19.1. The molecular weight excluding hydrogens is 360 g/mol. The highest BCUT2D eigenvalue weighted by atomic mass is 35.5. The lowest BCUT2D eigenvalue weighted by Gasteiger charge is -2.18. The summed E-state index contributed by atoms with van der Waals surface area (Å²) in [5.41, 5.74) is 2.42. The Balaban J connectivity index is 1.48. The number of hydrogen-bond donors (Lipinski definition) is 1. The summed E-state index contributed by atoms with van der Waals surface area (Å²) < 4.78 is 5.79. The van der Waals surface area contributed by atoms with E-state index in [4.69, 9.17) is 16.3 Å². The molecule has 0 radical (unpaired) electrons. The molecule has 1 atom stereocenters. The first-order valence-electron chi connectivity index (χ1n) is 9.64. The molecule has 1 fully saturated rings. The van der Waals surface area contributed by atoms with Gasteiger partial charge in [0.05, 0.1) is 0 Å². The van der Waals surface area contributed by atoms with Gasteiger partial charge in [-0.05, 0) is 67.7 Å². The summed E-state index contributed by atoms with van der Waals surface area (Å²) in [5.74, 6) is 0.543. The molecule has 1 amide bonds. The highest BCUT2D eigenvalue weighted by Gasteiger charge is 2.18. The minimum atomic E-state index is -0.513. The van der Waals surface area contributed by atoms with Crippen molar-refractivity contribution in [3.05, 3.63) is 64.7 Å². The number of nitrogens with one attached hydrogen (secondary N) is 1. The molecule has 27 heavy (non-hydrogen) atoms. The summed E-state index contributed by atoms with van der Waals surface area (Å²) in [5, 5.41) is 3.62. The maximum absolute atomic E-state index is 12.4. The lowest BCUT2D eigenvalue weighted by Crippen LogP contribution is -2.37. The maximum Gasteiger partial charge on any atom is 0.261 e. The summed E-state index contributed by atoms with van der Waals surface area (Å²) >= 11 is 5.88. The topological polar surface area (TPSA) is 41.6 Å². The zero-order valence-corrected chi connectivity index (χ0v) is 16.5. The van der Waals surface area contributed by atoms with Crippen molar-refractivity contribution in [3.63, 3.8) is 0 Å². The van der Waals surface area contributed by atoms with Gasteiger partial charge in [0.25, 0.3) is 5.91 Å². The van der Waals surface area contributed by atoms with Crippen LogP contribution < -0.4 is 10.1 Å². The predicted molar refractivity (Wildman–Crippen MR) is 109 cm³/mol. The Morgan fingerprint density at radius 3 is 2.33 bits per heavy atom. The molecule has 1 aliphatic rings. The second-order valence-electron chi connectivity index (χ2n) is 6.99. The van der Waals surface area contributed by atoms with E-state index < -0.39 is 6.10 Å². The Kier molecular flexibility index (Phi) is 7.13. The van der Waals surface area contributed by atoms with Gasteiger partial charge in [0, 0.05) is 18.1 Å². The number of hydrogen-bond acceptors (Lipinski definition) is 3. The molecule has 1 N–H and O–H groups in total. The number of carbonyl (C=O) groups excluding carboxylic acids is 1. The lowest BCUT2D eigenvalue weighted by molar-refractivity contribution is -0.128. The second kappa shape index (κ2) is 9.77. The fourth-order valence-corrected chi connectivity index (χ4v) is 3.39. The average Bonchev–Trinajstić information content (AvgIpc) is 3.20. The Hall–Kier alpha value is -2.04. The maximum atomic E-state index is 12.4. The molecule has 5 heteroatoms. The quantitative estimate of drug-likeness (QED) is 0.730. The van der Waals surface area contributed by atoms with Crippen molar-refractivity contribution in [2.45, 2.75) is 45.4 Å². The van der Waals surface area contributed by atoms with E-state index in [-0.39, 0.29) is 5.91 Å². The minimum Gasteiger partial charge on any atom is -0.481 e. The van der Waals surface area contributed by atoms with Crippen molar-refractivity contribution in [3.8, 4) is 5.75 Å². The normalized spacial score (nSPS) is 15.5. The van der Waals surface area contributed by atoms with Crippen LogP contribution in [0.15, 0.2) is 48.5 Å². The van der Waals surface area contributed by atoms with E-state index in [1.54, 1.807) is 24.3 Å². The summed E-state index contributed by atoms with van der Waals surface area (Å²) in [6, 6.07) is 15.5. The fraction of sp³-hybridized carbons (Fsp3) is 0.409. The van der Waals surface area contributed by atoms with Gasteiger partial charge in [0.1, 0.15) is 5.75 Å². The first kappa shape index (κ1) is 19.7. The standard InChI is InChI=1S/C22H27ClN2O2/c1-2-21(27-20-11-9-19(23)10-12-20)22(26)24-15-17-5-7-18(8-6-17)16-25-13-3-4-14-25/h5-12,21H,2-4,13-16H2,1H3,(H,24,26)/t21-/m0/s1. The van der Waals surface area contributed by atoms with Crippen molar-refractivity contribution >= 4 is 17.5 Å². The summed E-state index contributed by atoms with van der Waals surface area (Å²) in [7, 11) is 0. The third-order valence-corrected chi connectivity index (χ3v) is 5.10. The van der Waals surface area contributed by atoms with Gasteiger partial charge in [0.2, 0.25) is 0 Å². The van der Waals surface area contributed by atoms with Crippen LogP contribution in [-0.4, -0.2) is 30.0 Å². The SMILES string of the molecule is CC[C@H](Oc1ccc(Cl)cc1)C(=O)NCc1ccc(CN2CCCC2)cc1. The molecule has 3 rings (SSSR count). The highest BCUT2D eigenvalue weighted by Crippen LogP contribution is 2.18. The number of halogens is 1. The van der Waals surface area contributed by atoms with Gasteiger partial charge in [-0.25, -0.2) is 0 Å². The average molecular weight is 387 g/mol. The zero-order valence-electron chi connectivity index (χ0n) is 15.8. The number of likely N-dealkylation sites (tertiary alicyclic amines) is 1. The second-order valence-corrected chi connectivity index (χ2v) is 7.42. The Morgan fingerprint density at radius 2 is 1.70 bits per heavy atom. The Labute approximate surface area is 166 Å². The van der Waals surface area contributed by atoms with Gasteiger partial charge >= 0.3 is 0 Å². The number of benzene rings is 2. The van der Waals surface area contributed by atoms with Crippen molar-refractivity contribution in [1.82, 2.24) is 10.2 Å². The number of amides is 1. The summed E-state index contributed by atoms with van der Waals surface area (Å²) in [6.45, 7) is 5.85. The molecular formula is C22H27ClN2O2. The number of carbonyl (C=O) groups is 1. The van der Waals surface area contributed by atoms with Crippen LogP contribution in [-0.2, 0) is 17.9 Å². The molecule has 1 aliphatic heterocycles. The third kappa shape index (κ3) is 5.98. The van der Waals surface area contributed by atoms with Gasteiger partial charge in [-0.15, -0.1) is 0 Å². The molecule has 2 aromatic rings. The molecule has 0 saturated carbocycles. The molecule has 0 bridgehead atoms. The molecule has 0 aromatic heterocycles. The molecule has 1 heterocycles. The van der Waals surface area contributed by atoms with Crippen LogP contribution in [0.2, 0.25) is 5.02 Å². The number of ether oxygens (including phenoxy) is 1. The van der Waals surface area contributed by atoms with E-state index in [1.165, 1.54) is 31.5 Å². The van der Waals surface area contributed by atoms with E-state index in [0.717, 1.165) is 12.1 Å². The van der Waals surface area contributed by atoms with E-state index in [1.807, 2.05) is 6.92 Å². The van der Waals surface area contributed by atoms with E-state index in [9.17, 15) is 4.79 Å². The molecule has 1 saturated heterocycles. The Bertz CT molecular complexity index is 725. The van der Waals surface area contributed by atoms with E-state index in [2.05, 4.69) is 34.5 Å².